The van der Waals surface area contributed by atoms with Gasteiger partial charge in [0, 0.05) is 43.4 Å². The van der Waals surface area contributed by atoms with Crippen LogP contribution in [0.15, 0.2) is 54.6 Å². The maximum atomic E-state index is 12.6. The zero-order valence-electron chi connectivity index (χ0n) is 16.3. The van der Waals surface area contributed by atoms with Gasteiger partial charge in [-0.15, -0.1) is 0 Å². The van der Waals surface area contributed by atoms with E-state index in [9.17, 15) is 13.2 Å². The largest absolute Gasteiger partial charge is 0.369 e. The number of amides is 1. The molecule has 1 aliphatic rings. The van der Waals surface area contributed by atoms with Crippen molar-refractivity contribution in [3.05, 3.63) is 65.2 Å². The van der Waals surface area contributed by atoms with E-state index in [4.69, 9.17) is 11.6 Å². The van der Waals surface area contributed by atoms with E-state index in [0.717, 1.165) is 11.3 Å². The molecule has 1 N–H and O–H groups in total. The highest BCUT2D eigenvalue weighted by atomic mass is 35.5. The summed E-state index contributed by atoms with van der Waals surface area (Å²) < 4.78 is 26.7. The second kappa shape index (κ2) is 10.1. The van der Waals surface area contributed by atoms with Crippen molar-refractivity contribution in [1.82, 2.24) is 9.62 Å². The zero-order chi connectivity index (χ0) is 20.7. The van der Waals surface area contributed by atoms with Gasteiger partial charge in [-0.1, -0.05) is 48.0 Å². The van der Waals surface area contributed by atoms with Gasteiger partial charge in [0.25, 0.3) is 0 Å². The van der Waals surface area contributed by atoms with Crippen LogP contribution in [0.4, 0.5) is 5.69 Å². The number of halogens is 1. The quantitative estimate of drug-likeness (QED) is 0.647. The molecule has 1 saturated heterocycles. The molecule has 0 aliphatic carbocycles. The first-order chi connectivity index (χ1) is 14.0. The number of carbonyl (C=O) groups is 1. The Bertz CT molecular complexity index is 914. The number of sulfonamides is 1. The SMILES string of the molecule is O=C(Cc1ccccc1Cl)NCCCS(=O)(=O)N1CCN(c2ccccc2)CC1. The normalized spacial score (nSPS) is 15.3. The van der Waals surface area contributed by atoms with Crippen LogP contribution in [-0.2, 0) is 21.2 Å². The maximum absolute atomic E-state index is 12.6. The monoisotopic (exact) mass is 435 g/mol. The minimum absolute atomic E-state index is 0.0325. The lowest BCUT2D eigenvalue weighted by molar-refractivity contribution is -0.120. The standard InChI is InChI=1S/C21H26ClN3O3S/c22-20-10-5-4-7-18(20)17-21(26)23-11-6-16-29(27,28)25-14-12-24(13-15-25)19-8-2-1-3-9-19/h1-5,7-10H,6,11-17H2,(H,23,26). The van der Waals surface area contributed by atoms with Gasteiger partial charge in [0.15, 0.2) is 0 Å². The molecule has 0 unspecified atom stereocenters. The predicted octanol–water partition coefficient (Wildman–Crippen LogP) is 2.54. The van der Waals surface area contributed by atoms with Gasteiger partial charge in [-0.2, -0.15) is 4.31 Å². The van der Waals surface area contributed by atoms with E-state index >= 15 is 0 Å². The number of hydrogen-bond acceptors (Lipinski definition) is 4. The molecule has 0 bridgehead atoms. The molecule has 3 rings (SSSR count). The van der Waals surface area contributed by atoms with E-state index < -0.39 is 10.0 Å². The second-order valence-corrected chi connectivity index (χ2v) is 9.51. The minimum Gasteiger partial charge on any atom is -0.369 e. The molecule has 1 amide bonds. The highest BCUT2D eigenvalue weighted by molar-refractivity contribution is 7.89. The van der Waals surface area contributed by atoms with Crippen molar-refractivity contribution in [2.24, 2.45) is 0 Å². The van der Waals surface area contributed by atoms with Gasteiger partial charge in [-0.3, -0.25) is 4.79 Å². The van der Waals surface area contributed by atoms with Crippen LogP contribution in [0.1, 0.15) is 12.0 Å². The Hall–Kier alpha value is -2.09. The molecule has 0 saturated carbocycles. The molecule has 6 nitrogen and oxygen atoms in total. The van der Waals surface area contributed by atoms with Crippen molar-refractivity contribution < 1.29 is 13.2 Å². The second-order valence-electron chi connectivity index (χ2n) is 7.01. The van der Waals surface area contributed by atoms with Crippen LogP contribution in [0.5, 0.6) is 0 Å². The summed E-state index contributed by atoms with van der Waals surface area (Å²) in [6, 6.07) is 17.2. The van der Waals surface area contributed by atoms with Gasteiger partial charge in [0.2, 0.25) is 15.9 Å². The molecule has 29 heavy (non-hydrogen) atoms. The molecule has 0 spiro atoms. The van der Waals surface area contributed by atoms with Crippen molar-refractivity contribution in [1.29, 1.82) is 0 Å². The van der Waals surface area contributed by atoms with E-state index in [0.29, 0.717) is 44.2 Å². The van der Waals surface area contributed by atoms with Crippen LogP contribution >= 0.6 is 11.6 Å². The molecule has 1 heterocycles. The van der Waals surface area contributed by atoms with Crippen LogP contribution < -0.4 is 10.2 Å². The van der Waals surface area contributed by atoms with Crippen LogP contribution in [0.2, 0.25) is 5.02 Å². The Balaban J connectivity index is 1.39. The molecule has 2 aromatic carbocycles. The molecule has 8 heteroatoms. The average molecular weight is 436 g/mol. The number of nitrogens with one attached hydrogen (secondary N) is 1. The third-order valence-electron chi connectivity index (χ3n) is 4.96. The zero-order valence-corrected chi connectivity index (χ0v) is 17.8. The molecular weight excluding hydrogens is 410 g/mol. The van der Waals surface area contributed by atoms with Gasteiger partial charge >= 0.3 is 0 Å². The summed E-state index contributed by atoms with van der Waals surface area (Å²) in [6.45, 7) is 2.65. The highest BCUT2D eigenvalue weighted by Gasteiger charge is 2.26. The molecule has 2 aromatic rings. The summed E-state index contributed by atoms with van der Waals surface area (Å²) in [5.41, 5.74) is 1.88. The van der Waals surface area contributed by atoms with Crippen LogP contribution in [0.25, 0.3) is 0 Å². The van der Waals surface area contributed by atoms with E-state index in [1.165, 1.54) is 0 Å². The maximum Gasteiger partial charge on any atom is 0.224 e. The molecule has 0 atom stereocenters. The molecule has 1 fully saturated rings. The summed E-state index contributed by atoms with van der Waals surface area (Å²) in [4.78, 5) is 14.2. The topological polar surface area (TPSA) is 69.7 Å². The van der Waals surface area contributed by atoms with Gasteiger partial charge in [-0.25, -0.2) is 8.42 Å². The molecular formula is C21H26ClN3O3S. The van der Waals surface area contributed by atoms with Crippen LogP contribution in [0.3, 0.4) is 0 Å². The summed E-state index contributed by atoms with van der Waals surface area (Å²) in [5.74, 6) is -0.128. The number of rotatable bonds is 8. The first-order valence-electron chi connectivity index (χ1n) is 9.73. The van der Waals surface area contributed by atoms with Crippen molar-refractivity contribution in [3.8, 4) is 0 Å². The summed E-state index contributed by atoms with van der Waals surface area (Å²) >= 11 is 6.06. The fourth-order valence-corrected chi connectivity index (χ4v) is 5.04. The van der Waals surface area contributed by atoms with E-state index in [2.05, 4.69) is 10.2 Å². The van der Waals surface area contributed by atoms with Gasteiger partial charge in [-0.05, 0) is 30.2 Å². The summed E-state index contributed by atoms with van der Waals surface area (Å²) in [5, 5.41) is 3.33. The molecule has 0 radical (unpaired) electrons. The van der Waals surface area contributed by atoms with E-state index in [1.807, 2.05) is 48.5 Å². The summed E-state index contributed by atoms with van der Waals surface area (Å²) in [6.07, 6.45) is 0.573. The number of piperazine rings is 1. The summed E-state index contributed by atoms with van der Waals surface area (Å²) in [7, 11) is -3.32. The van der Waals surface area contributed by atoms with Gasteiger partial charge < -0.3 is 10.2 Å². The van der Waals surface area contributed by atoms with Crippen molar-refractivity contribution in [2.45, 2.75) is 12.8 Å². The van der Waals surface area contributed by atoms with Gasteiger partial charge in [0.1, 0.15) is 0 Å². The Morgan fingerprint density at radius 2 is 1.62 bits per heavy atom. The first-order valence-corrected chi connectivity index (χ1v) is 11.7. The lowest BCUT2D eigenvalue weighted by Crippen LogP contribution is -2.49. The number of nitrogens with zero attached hydrogens (tertiary/aromatic N) is 2. The lowest BCUT2D eigenvalue weighted by atomic mass is 10.1. The average Bonchev–Trinajstić information content (AvgIpc) is 2.74. The van der Waals surface area contributed by atoms with E-state index in [1.54, 1.807) is 10.4 Å². The molecule has 156 valence electrons. The number of benzene rings is 2. The predicted molar refractivity (Wildman–Crippen MR) is 117 cm³/mol. The molecule has 0 aromatic heterocycles. The van der Waals surface area contributed by atoms with Crippen molar-refractivity contribution >= 4 is 33.2 Å². The minimum atomic E-state index is -3.32. The number of carbonyl (C=O) groups excluding carboxylic acids is 1. The van der Waals surface area contributed by atoms with Gasteiger partial charge in [0.05, 0.1) is 12.2 Å². The van der Waals surface area contributed by atoms with Crippen LogP contribution in [-0.4, -0.2) is 57.1 Å². The number of hydrogen-bond donors (Lipinski definition) is 1. The Labute approximate surface area is 177 Å². The van der Waals surface area contributed by atoms with Crippen molar-refractivity contribution in [3.63, 3.8) is 0 Å². The molecule has 1 aliphatic heterocycles. The smallest absolute Gasteiger partial charge is 0.224 e. The Morgan fingerprint density at radius 3 is 2.31 bits per heavy atom. The number of anilines is 1. The number of para-hydroxylation sites is 1. The van der Waals surface area contributed by atoms with Crippen LogP contribution in [0, 0.1) is 0 Å². The Morgan fingerprint density at radius 1 is 0.966 bits per heavy atom. The third kappa shape index (κ3) is 6.19. The first kappa shape index (κ1) is 21.6. The lowest BCUT2D eigenvalue weighted by Gasteiger charge is -2.35. The Kier molecular flexibility index (Phi) is 7.52. The van der Waals surface area contributed by atoms with Crippen molar-refractivity contribution in [2.75, 3.05) is 43.4 Å². The highest BCUT2D eigenvalue weighted by Crippen LogP contribution is 2.17. The van der Waals surface area contributed by atoms with E-state index in [-0.39, 0.29) is 18.1 Å². The third-order valence-corrected chi connectivity index (χ3v) is 7.29. The fraction of sp³-hybridized carbons (Fsp3) is 0.381. The fourth-order valence-electron chi connectivity index (χ4n) is 3.35.